The highest BCUT2D eigenvalue weighted by Crippen LogP contribution is 2.36. The molecule has 0 aliphatic carbocycles. The Balaban J connectivity index is 1.53. The molecule has 1 heterocycles. The van der Waals surface area contributed by atoms with Gasteiger partial charge in [0, 0.05) is 16.8 Å². The summed E-state index contributed by atoms with van der Waals surface area (Å²) >= 11 is 11.4. The average molecular weight is 520 g/mol. The van der Waals surface area contributed by atoms with Crippen LogP contribution in [0.2, 0.25) is 5.02 Å². The van der Waals surface area contributed by atoms with Gasteiger partial charge in [0.1, 0.15) is 11.6 Å². The molecule has 1 aliphatic heterocycles. The first-order valence-corrected chi connectivity index (χ1v) is 12.8. The molecule has 0 saturated heterocycles. The molecule has 0 bridgehead atoms. The number of fused-ring (bicyclic) bond motifs is 1. The van der Waals surface area contributed by atoms with Gasteiger partial charge in [0.15, 0.2) is 5.11 Å². The summed E-state index contributed by atoms with van der Waals surface area (Å²) < 4.78 is 47.3. The maximum Gasteiger partial charge on any atom is 0.264 e. The number of hydrogen-bond donors (Lipinski definition) is 2. The highest BCUT2D eigenvalue weighted by atomic mass is 35.5. The Morgan fingerprint density at radius 1 is 1.12 bits per heavy atom. The summed E-state index contributed by atoms with van der Waals surface area (Å²) in [4.78, 5) is 0.137. The fraction of sp³-hybridized carbons (Fsp3) is 0.208. The van der Waals surface area contributed by atoms with Crippen LogP contribution in [0, 0.1) is 5.82 Å². The molecule has 1 unspecified atom stereocenters. The molecule has 34 heavy (non-hydrogen) atoms. The predicted octanol–water partition coefficient (Wildman–Crippen LogP) is 5.83. The first-order valence-electron chi connectivity index (χ1n) is 10.5. The monoisotopic (exact) mass is 519 g/mol. The fourth-order valence-electron chi connectivity index (χ4n) is 3.94. The van der Waals surface area contributed by atoms with E-state index in [1.54, 1.807) is 37.4 Å². The Labute approximate surface area is 208 Å². The van der Waals surface area contributed by atoms with Crippen LogP contribution < -0.4 is 19.7 Å². The van der Waals surface area contributed by atoms with Crippen LogP contribution >= 0.6 is 23.8 Å². The molecule has 0 aromatic heterocycles. The maximum absolute atomic E-state index is 13.7. The van der Waals surface area contributed by atoms with E-state index in [-0.39, 0.29) is 21.9 Å². The number of sulfonamides is 1. The van der Waals surface area contributed by atoms with E-state index < -0.39 is 10.0 Å². The van der Waals surface area contributed by atoms with Crippen molar-refractivity contribution in [2.75, 3.05) is 22.0 Å². The molecule has 1 atom stereocenters. The van der Waals surface area contributed by atoms with Gasteiger partial charge in [-0.1, -0.05) is 11.6 Å². The lowest BCUT2D eigenvalue weighted by molar-refractivity contribution is 0.417. The molecule has 6 nitrogen and oxygen atoms in total. The zero-order chi connectivity index (χ0) is 24.5. The molecular weight excluding hydrogens is 497 g/mol. The number of nitrogens with one attached hydrogen (secondary N) is 2. The predicted molar refractivity (Wildman–Crippen MR) is 138 cm³/mol. The Bertz CT molecular complexity index is 1330. The number of anilines is 3. The Morgan fingerprint density at radius 3 is 2.56 bits per heavy atom. The van der Waals surface area contributed by atoms with E-state index in [4.69, 9.17) is 28.6 Å². The third-order valence-electron chi connectivity index (χ3n) is 5.59. The lowest BCUT2D eigenvalue weighted by Crippen LogP contribution is -2.42. The van der Waals surface area contributed by atoms with Crippen molar-refractivity contribution in [3.8, 4) is 5.75 Å². The molecule has 1 aliphatic rings. The number of hydrogen-bond acceptors (Lipinski definition) is 4. The third kappa shape index (κ3) is 4.96. The zero-order valence-electron chi connectivity index (χ0n) is 18.5. The number of thiocarbonyl (C=S) groups is 1. The molecule has 0 radical (unpaired) electrons. The van der Waals surface area contributed by atoms with E-state index in [9.17, 15) is 12.8 Å². The van der Waals surface area contributed by atoms with Gasteiger partial charge in [0.2, 0.25) is 0 Å². The summed E-state index contributed by atoms with van der Waals surface area (Å²) in [5, 5.41) is 6.86. The van der Waals surface area contributed by atoms with Crippen molar-refractivity contribution in [1.29, 1.82) is 0 Å². The molecule has 3 aromatic rings. The lowest BCUT2D eigenvalue weighted by atomic mass is 9.99. The SMILES string of the molecule is COc1ccc(Cl)cc1NC(=S)Nc1ccc(S(=O)(=O)N2c3ccc(F)cc3CCC2C)cc1. The van der Waals surface area contributed by atoms with Crippen molar-refractivity contribution in [2.45, 2.75) is 30.7 Å². The first-order chi connectivity index (χ1) is 16.2. The van der Waals surface area contributed by atoms with Crippen LogP contribution in [-0.4, -0.2) is 26.7 Å². The normalized spacial score (nSPS) is 15.4. The highest BCUT2D eigenvalue weighted by Gasteiger charge is 2.34. The molecule has 0 fully saturated rings. The van der Waals surface area contributed by atoms with Gasteiger partial charge < -0.3 is 15.4 Å². The number of halogens is 2. The lowest BCUT2D eigenvalue weighted by Gasteiger charge is -2.36. The van der Waals surface area contributed by atoms with Crippen molar-refractivity contribution >= 4 is 56.0 Å². The first kappa shape index (κ1) is 24.3. The number of ether oxygens (including phenoxy) is 1. The zero-order valence-corrected chi connectivity index (χ0v) is 20.9. The minimum Gasteiger partial charge on any atom is -0.495 e. The second-order valence-electron chi connectivity index (χ2n) is 7.91. The van der Waals surface area contributed by atoms with E-state index in [1.165, 1.54) is 34.6 Å². The van der Waals surface area contributed by atoms with Crippen LogP contribution in [0.3, 0.4) is 0 Å². The average Bonchev–Trinajstić information content (AvgIpc) is 2.79. The van der Waals surface area contributed by atoms with Crippen molar-refractivity contribution in [3.63, 3.8) is 0 Å². The van der Waals surface area contributed by atoms with Gasteiger partial charge in [-0.15, -0.1) is 0 Å². The Kier molecular flexibility index (Phi) is 6.97. The van der Waals surface area contributed by atoms with Crippen LogP contribution in [0.15, 0.2) is 65.6 Å². The smallest absolute Gasteiger partial charge is 0.264 e. The molecule has 2 N–H and O–H groups in total. The summed E-state index contributed by atoms with van der Waals surface area (Å²) in [5.41, 5.74) is 2.41. The van der Waals surface area contributed by atoms with Gasteiger partial charge in [-0.2, -0.15) is 0 Å². The van der Waals surface area contributed by atoms with Gasteiger partial charge in [0.25, 0.3) is 10.0 Å². The van der Waals surface area contributed by atoms with Crippen molar-refractivity contribution < 1.29 is 17.5 Å². The largest absolute Gasteiger partial charge is 0.495 e. The van der Waals surface area contributed by atoms with Crippen LogP contribution in [0.5, 0.6) is 5.75 Å². The second kappa shape index (κ2) is 9.77. The van der Waals surface area contributed by atoms with Crippen LogP contribution in [0.1, 0.15) is 18.9 Å². The van der Waals surface area contributed by atoms with Crippen LogP contribution in [0.4, 0.5) is 21.5 Å². The number of benzene rings is 3. The van der Waals surface area contributed by atoms with Crippen molar-refractivity contribution in [2.24, 2.45) is 0 Å². The standard InChI is InChI=1S/C24H23ClFN3O3S2/c1-15-3-4-16-13-18(26)6-11-22(16)29(15)34(30,31)20-9-7-19(8-10-20)27-24(33)28-21-14-17(25)5-12-23(21)32-2/h5-15H,3-4H2,1-2H3,(H2,27,28,33). The van der Waals surface area contributed by atoms with Gasteiger partial charge in [-0.3, -0.25) is 4.31 Å². The molecule has 4 rings (SSSR count). The minimum atomic E-state index is -3.84. The summed E-state index contributed by atoms with van der Waals surface area (Å²) in [5.74, 6) is 0.201. The molecule has 0 amide bonds. The van der Waals surface area contributed by atoms with Crippen LogP contribution in [-0.2, 0) is 16.4 Å². The topological polar surface area (TPSA) is 70.7 Å². The van der Waals surface area contributed by atoms with Crippen molar-refractivity contribution in [3.05, 3.63) is 77.1 Å². The van der Waals surface area contributed by atoms with Crippen LogP contribution in [0.25, 0.3) is 0 Å². The summed E-state index contributed by atoms with van der Waals surface area (Å²) in [6.45, 7) is 1.86. The second-order valence-corrected chi connectivity index (χ2v) is 10.6. The Hall–Kier alpha value is -2.88. The molecule has 178 valence electrons. The number of rotatable bonds is 5. The molecule has 0 spiro atoms. The maximum atomic E-state index is 13.7. The highest BCUT2D eigenvalue weighted by molar-refractivity contribution is 7.92. The number of aryl methyl sites for hydroxylation is 1. The molecule has 3 aromatic carbocycles. The van der Waals surface area contributed by atoms with Gasteiger partial charge >= 0.3 is 0 Å². The Morgan fingerprint density at radius 2 is 1.85 bits per heavy atom. The van der Waals surface area contributed by atoms with Gasteiger partial charge in [-0.25, -0.2) is 12.8 Å². The molecule has 0 saturated carbocycles. The van der Waals surface area contributed by atoms with Gasteiger partial charge in [-0.05, 0) is 98.2 Å². The van der Waals surface area contributed by atoms with Gasteiger partial charge in [0.05, 0.1) is 23.4 Å². The quantitative estimate of drug-likeness (QED) is 0.413. The summed E-state index contributed by atoms with van der Waals surface area (Å²) in [6.07, 6.45) is 1.24. The number of methoxy groups -OCH3 is 1. The van der Waals surface area contributed by atoms with E-state index in [0.29, 0.717) is 46.2 Å². The fourth-order valence-corrected chi connectivity index (χ4v) is 6.06. The summed E-state index contributed by atoms with van der Waals surface area (Å²) in [6, 6.07) is 15.4. The third-order valence-corrected chi connectivity index (χ3v) is 7.97. The molecular formula is C24H23ClFN3O3S2. The summed E-state index contributed by atoms with van der Waals surface area (Å²) in [7, 11) is -2.30. The van der Waals surface area contributed by atoms with E-state index in [0.717, 1.165) is 0 Å². The minimum absolute atomic E-state index is 0.137. The van der Waals surface area contributed by atoms with Crippen molar-refractivity contribution in [1.82, 2.24) is 0 Å². The van der Waals surface area contributed by atoms with E-state index >= 15 is 0 Å². The number of nitrogens with zero attached hydrogens (tertiary/aromatic N) is 1. The van der Waals surface area contributed by atoms with E-state index in [1.807, 2.05) is 6.92 Å². The molecule has 10 heteroatoms. The van der Waals surface area contributed by atoms with E-state index in [2.05, 4.69) is 10.6 Å².